The van der Waals surface area contributed by atoms with Crippen LogP contribution in [0.4, 0.5) is 17.1 Å². The van der Waals surface area contributed by atoms with E-state index in [2.05, 4.69) is 229 Å². The highest BCUT2D eigenvalue weighted by Crippen LogP contribution is 2.64. The number of hydrogen-bond acceptors (Lipinski definition) is 2. The van der Waals surface area contributed by atoms with Gasteiger partial charge in [0.25, 0.3) is 0 Å². The predicted molar refractivity (Wildman–Crippen MR) is 259 cm³/mol. The van der Waals surface area contributed by atoms with E-state index in [4.69, 9.17) is 0 Å². The quantitative estimate of drug-likeness (QED) is 0.168. The summed E-state index contributed by atoms with van der Waals surface area (Å²) in [5, 5.41) is 5.18. The summed E-state index contributed by atoms with van der Waals surface area (Å²) in [5.41, 5.74) is 18.5. The number of rotatable bonds is 5. The maximum Gasteiger partial charge on any atom is 0.0726 e. The topological polar surface area (TPSA) is 3.24 Å². The Morgan fingerprint density at radius 3 is 1.57 bits per heavy atom. The Morgan fingerprint density at radius 2 is 0.869 bits per heavy atom. The Balaban J connectivity index is 1.07. The Kier molecular flexibility index (Phi) is 7.46. The van der Waals surface area contributed by atoms with Gasteiger partial charge in [0.1, 0.15) is 0 Å². The van der Waals surface area contributed by atoms with Gasteiger partial charge in [-0.15, -0.1) is 11.3 Å². The molecule has 284 valence electrons. The summed E-state index contributed by atoms with van der Waals surface area (Å²) in [7, 11) is 0. The molecule has 0 unspecified atom stereocenters. The second-order valence-electron chi connectivity index (χ2n) is 16.3. The summed E-state index contributed by atoms with van der Waals surface area (Å²) < 4.78 is 2.60. The molecule has 0 aliphatic heterocycles. The number of thiophene rings is 1. The molecule has 1 aromatic heterocycles. The molecule has 2 aliphatic carbocycles. The number of benzene rings is 10. The molecule has 10 aromatic carbocycles. The molecule has 1 nitrogen and oxygen atoms in total. The van der Waals surface area contributed by atoms with Crippen LogP contribution in [0.2, 0.25) is 0 Å². The lowest BCUT2D eigenvalue weighted by Crippen LogP contribution is -2.26. The first kappa shape index (κ1) is 34.4. The van der Waals surface area contributed by atoms with Crippen molar-refractivity contribution in [2.24, 2.45) is 0 Å². The van der Waals surface area contributed by atoms with Gasteiger partial charge in [0.15, 0.2) is 0 Å². The summed E-state index contributed by atoms with van der Waals surface area (Å²) in [5.74, 6) is 0. The standard InChI is InChI=1S/C59H37NS/c1-3-16-38(17-4-1)39-30-32-41(33-31-39)60(42-34-35-46-50-37-49(40-18-5-2-6-19-40)43-20-7-8-23-47(43)58(50)61-56(46)36-42)55-29-15-28-54-57(55)48-24-11-14-27-53(48)59(54)51-25-12-9-21-44(51)45-22-10-13-26-52(45)59/h1-37H. The Morgan fingerprint density at radius 1 is 0.328 bits per heavy atom. The molecule has 0 bridgehead atoms. The monoisotopic (exact) mass is 791 g/mol. The van der Waals surface area contributed by atoms with Gasteiger partial charge in [-0.25, -0.2) is 0 Å². The Hall–Kier alpha value is -7.52. The summed E-state index contributed by atoms with van der Waals surface area (Å²) in [6.45, 7) is 0. The van der Waals surface area contributed by atoms with E-state index in [1.54, 1.807) is 0 Å². The molecule has 0 saturated heterocycles. The zero-order valence-electron chi connectivity index (χ0n) is 33.2. The van der Waals surface area contributed by atoms with E-state index in [-0.39, 0.29) is 0 Å². The summed E-state index contributed by atoms with van der Waals surface area (Å²) in [6.07, 6.45) is 0. The molecule has 13 rings (SSSR count). The van der Waals surface area contributed by atoms with Gasteiger partial charge in [-0.05, 0) is 103 Å². The number of fused-ring (bicyclic) bond motifs is 15. The normalized spacial score (nSPS) is 13.0. The van der Waals surface area contributed by atoms with Crippen LogP contribution in [0, 0.1) is 0 Å². The van der Waals surface area contributed by atoms with Gasteiger partial charge in [-0.3, -0.25) is 0 Å². The van der Waals surface area contributed by atoms with Gasteiger partial charge >= 0.3 is 0 Å². The molecule has 0 amide bonds. The fourth-order valence-corrected chi connectivity index (χ4v) is 12.0. The molecule has 61 heavy (non-hydrogen) atoms. The van der Waals surface area contributed by atoms with Gasteiger partial charge < -0.3 is 4.90 Å². The number of anilines is 3. The molecule has 1 spiro atoms. The molecule has 11 aromatic rings. The first-order valence-electron chi connectivity index (χ1n) is 21.1. The summed E-state index contributed by atoms with van der Waals surface area (Å²) in [6, 6.07) is 83.4. The average molecular weight is 792 g/mol. The third-order valence-corrected chi connectivity index (χ3v) is 14.5. The molecule has 2 aliphatic rings. The second-order valence-corrected chi connectivity index (χ2v) is 17.4. The van der Waals surface area contributed by atoms with E-state index in [0.29, 0.717) is 0 Å². The van der Waals surface area contributed by atoms with E-state index in [1.807, 2.05) is 11.3 Å². The maximum atomic E-state index is 2.51. The van der Waals surface area contributed by atoms with E-state index in [1.165, 1.54) is 103 Å². The smallest absolute Gasteiger partial charge is 0.0726 e. The molecule has 2 heteroatoms. The van der Waals surface area contributed by atoms with Gasteiger partial charge in [-0.1, -0.05) is 188 Å². The lowest BCUT2D eigenvalue weighted by molar-refractivity contribution is 0.794. The van der Waals surface area contributed by atoms with Crippen LogP contribution >= 0.6 is 11.3 Å². The molecule has 0 fully saturated rings. The largest absolute Gasteiger partial charge is 0.310 e. The van der Waals surface area contributed by atoms with Crippen LogP contribution in [0.1, 0.15) is 22.3 Å². The van der Waals surface area contributed by atoms with E-state index in [9.17, 15) is 0 Å². The van der Waals surface area contributed by atoms with Gasteiger partial charge in [-0.2, -0.15) is 0 Å². The third-order valence-electron chi connectivity index (χ3n) is 13.3. The minimum Gasteiger partial charge on any atom is -0.310 e. The highest BCUT2D eigenvalue weighted by molar-refractivity contribution is 7.26. The SMILES string of the molecule is c1ccc(-c2ccc(N(c3ccc4c(c3)sc3c5ccccc5c(-c5ccccc5)cc43)c3cccc4c3-c3ccccc3C43c4ccccc4-c4ccccc43)cc2)cc1. The zero-order chi connectivity index (χ0) is 40.1. The first-order valence-corrected chi connectivity index (χ1v) is 21.9. The van der Waals surface area contributed by atoms with Crippen LogP contribution in [0.5, 0.6) is 0 Å². The Labute approximate surface area is 359 Å². The van der Waals surface area contributed by atoms with Crippen LogP contribution in [0.25, 0.3) is 75.5 Å². The highest BCUT2D eigenvalue weighted by atomic mass is 32.1. The van der Waals surface area contributed by atoms with Gasteiger partial charge in [0.05, 0.1) is 11.1 Å². The van der Waals surface area contributed by atoms with Crippen molar-refractivity contribution in [2.45, 2.75) is 5.41 Å². The van der Waals surface area contributed by atoms with Crippen LogP contribution in [-0.2, 0) is 5.41 Å². The number of nitrogens with zero attached hydrogens (tertiary/aromatic N) is 1. The molecule has 0 saturated carbocycles. The molecule has 0 radical (unpaired) electrons. The van der Waals surface area contributed by atoms with Crippen LogP contribution in [-0.4, -0.2) is 0 Å². The van der Waals surface area contributed by atoms with Crippen molar-refractivity contribution in [3.63, 3.8) is 0 Å². The third kappa shape index (κ3) is 4.88. The van der Waals surface area contributed by atoms with Crippen molar-refractivity contribution < 1.29 is 0 Å². The van der Waals surface area contributed by atoms with E-state index in [0.717, 1.165) is 11.4 Å². The highest BCUT2D eigenvalue weighted by Gasteiger charge is 2.52. The lowest BCUT2D eigenvalue weighted by Gasteiger charge is -2.32. The molecular formula is C59H37NS. The maximum absolute atomic E-state index is 2.51. The van der Waals surface area contributed by atoms with Crippen LogP contribution < -0.4 is 4.90 Å². The van der Waals surface area contributed by atoms with Crippen molar-refractivity contribution in [1.29, 1.82) is 0 Å². The van der Waals surface area contributed by atoms with E-state index < -0.39 is 5.41 Å². The van der Waals surface area contributed by atoms with Crippen molar-refractivity contribution in [3.05, 3.63) is 247 Å². The fraction of sp³-hybridized carbons (Fsp3) is 0.0169. The first-order chi connectivity index (χ1) is 30.3. The van der Waals surface area contributed by atoms with Crippen molar-refractivity contribution in [3.8, 4) is 44.5 Å². The minimum absolute atomic E-state index is 0.426. The van der Waals surface area contributed by atoms with Gasteiger partial charge in [0, 0.05) is 42.5 Å². The molecule has 0 atom stereocenters. The van der Waals surface area contributed by atoms with Crippen molar-refractivity contribution >= 4 is 59.3 Å². The average Bonchev–Trinajstić information content (AvgIpc) is 3.96. The minimum atomic E-state index is -0.426. The predicted octanol–water partition coefficient (Wildman–Crippen LogP) is 16.4. The van der Waals surface area contributed by atoms with E-state index >= 15 is 0 Å². The fourth-order valence-electron chi connectivity index (χ4n) is 10.8. The number of hydrogen-bond donors (Lipinski definition) is 0. The molecule has 0 N–H and O–H groups in total. The molecular weight excluding hydrogens is 755 g/mol. The zero-order valence-corrected chi connectivity index (χ0v) is 34.0. The Bertz CT molecular complexity index is 3480. The van der Waals surface area contributed by atoms with Gasteiger partial charge in [0.2, 0.25) is 0 Å². The lowest BCUT2D eigenvalue weighted by atomic mass is 9.70. The van der Waals surface area contributed by atoms with Crippen molar-refractivity contribution in [2.75, 3.05) is 4.90 Å². The molecule has 1 heterocycles. The van der Waals surface area contributed by atoms with Crippen LogP contribution in [0.15, 0.2) is 224 Å². The summed E-state index contributed by atoms with van der Waals surface area (Å²) >= 11 is 1.90. The van der Waals surface area contributed by atoms with Crippen LogP contribution in [0.3, 0.4) is 0 Å². The second kappa shape index (κ2) is 13.2. The summed E-state index contributed by atoms with van der Waals surface area (Å²) in [4.78, 5) is 2.51. The van der Waals surface area contributed by atoms with Crippen molar-refractivity contribution in [1.82, 2.24) is 0 Å².